The van der Waals surface area contributed by atoms with Crippen LogP contribution in [0.15, 0.2) is 41.8 Å². The molecular formula is C12H12F3N3O3S. The molecule has 0 aliphatic rings. The minimum atomic E-state index is -4.40. The van der Waals surface area contributed by atoms with Crippen molar-refractivity contribution in [3.05, 3.63) is 42.4 Å². The molecule has 0 saturated carbocycles. The molecule has 1 aromatic heterocycles. The summed E-state index contributed by atoms with van der Waals surface area (Å²) < 4.78 is 66.5. The molecule has 0 atom stereocenters. The van der Waals surface area contributed by atoms with E-state index in [0.29, 0.717) is 5.56 Å². The minimum absolute atomic E-state index is 0.0130. The van der Waals surface area contributed by atoms with E-state index in [1.54, 1.807) is 0 Å². The van der Waals surface area contributed by atoms with Crippen LogP contribution in [0.25, 0.3) is 0 Å². The number of aromatic nitrogens is 2. The summed E-state index contributed by atoms with van der Waals surface area (Å²) in [5.41, 5.74) is 0.572. The quantitative estimate of drug-likeness (QED) is 0.843. The second kappa shape index (κ2) is 6.36. The Hall–Kier alpha value is -2.07. The highest BCUT2D eigenvalue weighted by molar-refractivity contribution is 7.89. The number of imidazole rings is 1. The van der Waals surface area contributed by atoms with Gasteiger partial charge in [-0.15, -0.1) is 0 Å². The molecule has 0 radical (unpaired) electrons. The number of sulfonamides is 1. The highest BCUT2D eigenvalue weighted by atomic mass is 32.2. The summed E-state index contributed by atoms with van der Waals surface area (Å²) in [6, 6.07) is 5.62. The second-order valence-corrected chi connectivity index (χ2v) is 6.02. The molecule has 1 aromatic carbocycles. The smallest absolute Gasteiger partial charge is 0.422 e. The first-order chi connectivity index (χ1) is 10.3. The third-order valence-electron chi connectivity index (χ3n) is 2.55. The molecule has 2 N–H and O–H groups in total. The Morgan fingerprint density at radius 3 is 2.45 bits per heavy atom. The van der Waals surface area contributed by atoms with E-state index >= 15 is 0 Å². The lowest BCUT2D eigenvalue weighted by Gasteiger charge is -2.10. The van der Waals surface area contributed by atoms with Crippen LogP contribution in [0.4, 0.5) is 13.2 Å². The van der Waals surface area contributed by atoms with Gasteiger partial charge in [-0.2, -0.15) is 13.2 Å². The third-order valence-corrected chi connectivity index (χ3v) is 3.88. The van der Waals surface area contributed by atoms with E-state index < -0.39 is 22.8 Å². The number of aromatic amines is 1. The van der Waals surface area contributed by atoms with E-state index in [2.05, 4.69) is 19.4 Å². The summed E-state index contributed by atoms with van der Waals surface area (Å²) in [6.45, 7) is -1.39. The highest BCUT2D eigenvalue weighted by Gasteiger charge is 2.28. The molecule has 0 unspecified atom stereocenters. The zero-order chi connectivity index (χ0) is 16.2. The zero-order valence-electron chi connectivity index (χ0n) is 11.1. The topological polar surface area (TPSA) is 84.1 Å². The summed E-state index contributed by atoms with van der Waals surface area (Å²) >= 11 is 0. The predicted molar refractivity (Wildman–Crippen MR) is 70.6 cm³/mol. The molecular weight excluding hydrogens is 323 g/mol. The Balaban J connectivity index is 1.92. The maximum Gasteiger partial charge on any atom is 0.422 e. The monoisotopic (exact) mass is 335 g/mol. The minimum Gasteiger partial charge on any atom is -0.484 e. The number of rotatable bonds is 6. The lowest BCUT2D eigenvalue weighted by atomic mass is 10.2. The average Bonchev–Trinajstić information content (AvgIpc) is 2.98. The van der Waals surface area contributed by atoms with Crippen molar-refractivity contribution < 1.29 is 26.3 Å². The lowest BCUT2D eigenvalue weighted by molar-refractivity contribution is -0.153. The van der Waals surface area contributed by atoms with Gasteiger partial charge in [0.25, 0.3) is 10.0 Å². The van der Waals surface area contributed by atoms with Crippen LogP contribution in [0, 0.1) is 0 Å². The van der Waals surface area contributed by atoms with Crippen molar-refractivity contribution >= 4 is 10.0 Å². The fourth-order valence-electron chi connectivity index (χ4n) is 1.51. The van der Waals surface area contributed by atoms with Gasteiger partial charge in [0.1, 0.15) is 5.75 Å². The predicted octanol–water partition coefficient (Wildman–Crippen LogP) is 1.83. The lowest BCUT2D eigenvalue weighted by Crippen LogP contribution is -2.23. The molecule has 6 nitrogen and oxygen atoms in total. The average molecular weight is 335 g/mol. The Morgan fingerprint density at radius 2 is 1.91 bits per heavy atom. The number of ether oxygens (including phenoxy) is 1. The van der Waals surface area contributed by atoms with Crippen molar-refractivity contribution in [3.8, 4) is 5.75 Å². The maximum absolute atomic E-state index is 12.0. The number of nitrogens with zero attached hydrogens (tertiary/aromatic N) is 1. The molecule has 0 spiro atoms. The summed E-state index contributed by atoms with van der Waals surface area (Å²) in [5.74, 6) is 0.0532. The van der Waals surface area contributed by atoms with Crippen molar-refractivity contribution in [2.75, 3.05) is 6.61 Å². The maximum atomic E-state index is 12.0. The molecule has 0 aliphatic carbocycles. The first-order valence-electron chi connectivity index (χ1n) is 6.03. The van der Waals surface area contributed by atoms with E-state index in [4.69, 9.17) is 0 Å². The van der Waals surface area contributed by atoms with Crippen LogP contribution in [0.5, 0.6) is 5.75 Å². The van der Waals surface area contributed by atoms with Crippen molar-refractivity contribution in [1.29, 1.82) is 0 Å². The van der Waals surface area contributed by atoms with E-state index in [1.165, 1.54) is 30.6 Å². The number of hydrogen-bond acceptors (Lipinski definition) is 4. The van der Waals surface area contributed by atoms with Crippen molar-refractivity contribution in [1.82, 2.24) is 14.7 Å². The summed E-state index contributed by atoms with van der Waals surface area (Å²) in [4.78, 5) is 6.08. The number of halogens is 3. The van der Waals surface area contributed by atoms with Crippen molar-refractivity contribution in [2.45, 2.75) is 17.7 Å². The fraction of sp³-hybridized carbons (Fsp3) is 0.250. The molecule has 0 bridgehead atoms. The van der Waals surface area contributed by atoms with Gasteiger partial charge in [0.05, 0.1) is 12.5 Å². The van der Waals surface area contributed by atoms with Gasteiger partial charge in [-0.1, -0.05) is 12.1 Å². The van der Waals surface area contributed by atoms with Crippen LogP contribution < -0.4 is 9.46 Å². The van der Waals surface area contributed by atoms with E-state index in [9.17, 15) is 21.6 Å². The number of nitrogens with one attached hydrogen (secondary N) is 2. The number of alkyl halides is 3. The molecule has 2 aromatic rings. The van der Waals surface area contributed by atoms with E-state index in [1.807, 2.05) is 0 Å². The highest BCUT2D eigenvalue weighted by Crippen LogP contribution is 2.19. The van der Waals surface area contributed by atoms with Gasteiger partial charge in [0, 0.05) is 6.54 Å². The van der Waals surface area contributed by atoms with Crippen LogP contribution in [0.1, 0.15) is 5.56 Å². The van der Waals surface area contributed by atoms with Gasteiger partial charge in [0.15, 0.2) is 11.6 Å². The van der Waals surface area contributed by atoms with Crippen LogP contribution in [-0.4, -0.2) is 31.2 Å². The standard InChI is InChI=1S/C12H12F3N3O3S/c13-12(14,15)7-21-10-3-1-9(2-4-10)5-18-22(19,20)11-6-16-8-17-11/h1-4,6,8,18H,5,7H2,(H,16,17). The number of H-pyrrole nitrogens is 1. The van der Waals surface area contributed by atoms with Crippen LogP contribution >= 0.6 is 0 Å². The molecule has 10 heteroatoms. The van der Waals surface area contributed by atoms with Crippen molar-refractivity contribution in [3.63, 3.8) is 0 Å². The molecule has 0 fully saturated rings. The fourth-order valence-corrected chi connectivity index (χ4v) is 2.43. The third kappa shape index (κ3) is 4.74. The molecule has 120 valence electrons. The SMILES string of the molecule is O=S(=O)(NCc1ccc(OCC(F)(F)F)cc1)c1cnc[nH]1. The van der Waals surface area contributed by atoms with Gasteiger partial charge in [-0.3, -0.25) is 0 Å². The van der Waals surface area contributed by atoms with Gasteiger partial charge >= 0.3 is 6.18 Å². The summed E-state index contributed by atoms with van der Waals surface area (Å²) in [6.07, 6.45) is -2.00. The Kier molecular flexibility index (Phi) is 4.71. The first kappa shape index (κ1) is 16.3. The van der Waals surface area contributed by atoms with Gasteiger partial charge in [-0.05, 0) is 17.7 Å². The first-order valence-corrected chi connectivity index (χ1v) is 7.51. The van der Waals surface area contributed by atoms with Crippen molar-refractivity contribution in [2.24, 2.45) is 0 Å². The second-order valence-electron chi connectivity index (χ2n) is 4.29. The molecule has 22 heavy (non-hydrogen) atoms. The largest absolute Gasteiger partial charge is 0.484 e. The number of hydrogen-bond donors (Lipinski definition) is 2. The Bertz CT molecular complexity index is 697. The number of benzene rings is 1. The van der Waals surface area contributed by atoms with Gasteiger partial charge in [0.2, 0.25) is 0 Å². The summed E-state index contributed by atoms with van der Waals surface area (Å²) in [5, 5.41) is -0.0716. The normalized spacial score (nSPS) is 12.3. The van der Waals surface area contributed by atoms with Crippen LogP contribution in [-0.2, 0) is 16.6 Å². The molecule has 0 amide bonds. The Labute approximate surface area is 124 Å². The Morgan fingerprint density at radius 1 is 1.23 bits per heavy atom. The molecule has 0 saturated heterocycles. The summed E-state index contributed by atoms with van der Waals surface area (Å²) in [7, 11) is -3.70. The molecule has 2 rings (SSSR count). The zero-order valence-corrected chi connectivity index (χ0v) is 11.9. The van der Waals surface area contributed by atoms with E-state index in [0.717, 1.165) is 6.20 Å². The molecule has 1 heterocycles. The van der Waals surface area contributed by atoms with Crippen LogP contribution in [0.2, 0.25) is 0 Å². The van der Waals surface area contributed by atoms with Crippen LogP contribution in [0.3, 0.4) is 0 Å². The van der Waals surface area contributed by atoms with Gasteiger partial charge < -0.3 is 9.72 Å². The molecule has 0 aliphatic heterocycles. The van der Waals surface area contributed by atoms with Gasteiger partial charge in [-0.25, -0.2) is 18.1 Å². The van der Waals surface area contributed by atoms with E-state index in [-0.39, 0.29) is 17.3 Å².